The fourth-order valence-electron chi connectivity index (χ4n) is 2.69. The van der Waals surface area contributed by atoms with Crippen LogP contribution in [0.4, 0.5) is 4.39 Å². The van der Waals surface area contributed by atoms with Crippen LogP contribution in [0.1, 0.15) is 52.1 Å². The maximum absolute atomic E-state index is 13.8. The number of halogens is 3. The minimum absolute atomic E-state index is 0.0748. The van der Waals surface area contributed by atoms with Crippen molar-refractivity contribution >= 4 is 39.3 Å². The van der Waals surface area contributed by atoms with Gasteiger partial charge in [-0.25, -0.2) is 9.40 Å². The second-order valence-corrected chi connectivity index (χ2v) is 7.49. The standard InChI is InChI=1S/C21H20BrClFN3O2/c1-3-13(2)27(21(29)15-6-4-5-14(11-15)9-10-25)26-20(28)16-7-8-18(24)19(22)17(16)12-23/h4-8,11,13H,3,9,12H2,1-2H3,(H,26,28). The van der Waals surface area contributed by atoms with Gasteiger partial charge in [-0.1, -0.05) is 19.1 Å². The number of nitrogens with zero attached hydrogens (tertiary/aromatic N) is 2. The molecular formula is C21H20BrClFN3O2. The molecule has 0 radical (unpaired) electrons. The highest BCUT2D eigenvalue weighted by molar-refractivity contribution is 9.10. The maximum Gasteiger partial charge on any atom is 0.272 e. The summed E-state index contributed by atoms with van der Waals surface area (Å²) in [5.74, 6) is -1.57. The molecule has 0 saturated carbocycles. The number of hydrogen-bond donors (Lipinski definition) is 1. The van der Waals surface area contributed by atoms with Crippen LogP contribution in [0.25, 0.3) is 0 Å². The second kappa shape index (κ2) is 10.4. The predicted molar refractivity (Wildman–Crippen MR) is 113 cm³/mol. The minimum atomic E-state index is -0.567. The summed E-state index contributed by atoms with van der Waals surface area (Å²) in [5.41, 5.74) is 4.18. The third kappa shape index (κ3) is 5.34. The Morgan fingerprint density at radius 1 is 1.34 bits per heavy atom. The summed E-state index contributed by atoms with van der Waals surface area (Å²) in [6.07, 6.45) is 0.777. The van der Waals surface area contributed by atoms with Crippen molar-refractivity contribution < 1.29 is 14.0 Å². The zero-order chi connectivity index (χ0) is 21.6. The van der Waals surface area contributed by atoms with Gasteiger partial charge >= 0.3 is 0 Å². The van der Waals surface area contributed by atoms with E-state index in [2.05, 4.69) is 21.4 Å². The topological polar surface area (TPSA) is 73.2 Å². The average Bonchev–Trinajstić information content (AvgIpc) is 2.73. The summed E-state index contributed by atoms with van der Waals surface area (Å²) in [5, 5.41) is 10.1. The first-order valence-electron chi connectivity index (χ1n) is 8.97. The zero-order valence-electron chi connectivity index (χ0n) is 16.0. The normalized spacial score (nSPS) is 11.4. The van der Waals surface area contributed by atoms with Crippen molar-refractivity contribution in [3.8, 4) is 6.07 Å². The third-order valence-corrected chi connectivity index (χ3v) is 5.63. The van der Waals surface area contributed by atoms with E-state index in [0.29, 0.717) is 23.1 Å². The van der Waals surface area contributed by atoms with Crippen LogP contribution in [0, 0.1) is 17.1 Å². The third-order valence-electron chi connectivity index (χ3n) is 4.50. The van der Waals surface area contributed by atoms with Crippen molar-refractivity contribution in [2.24, 2.45) is 0 Å². The summed E-state index contributed by atoms with van der Waals surface area (Å²) in [6.45, 7) is 3.70. The molecule has 1 atom stereocenters. The predicted octanol–water partition coefficient (Wildman–Crippen LogP) is 4.98. The Hall–Kier alpha value is -2.43. The minimum Gasteiger partial charge on any atom is -0.267 e. The Morgan fingerprint density at radius 3 is 2.69 bits per heavy atom. The van der Waals surface area contributed by atoms with E-state index in [-0.39, 0.29) is 28.4 Å². The van der Waals surface area contributed by atoms with Crippen molar-refractivity contribution in [3.63, 3.8) is 0 Å². The van der Waals surface area contributed by atoms with Gasteiger partial charge in [0.2, 0.25) is 0 Å². The molecule has 0 bridgehead atoms. The van der Waals surface area contributed by atoms with Crippen LogP contribution in [0.5, 0.6) is 0 Å². The molecule has 2 rings (SSSR count). The molecule has 1 unspecified atom stereocenters. The Morgan fingerprint density at radius 2 is 2.07 bits per heavy atom. The van der Waals surface area contributed by atoms with E-state index >= 15 is 0 Å². The lowest BCUT2D eigenvalue weighted by Gasteiger charge is -2.29. The number of carbonyl (C=O) groups excluding carboxylic acids is 2. The number of carbonyl (C=O) groups is 2. The molecule has 2 aromatic carbocycles. The van der Waals surface area contributed by atoms with Crippen LogP contribution >= 0.6 is 27.5 Å². The first kappa shape index (κ1) is 22.9. The molecule has 5 nitrogen and oxygen atoms in total. The monoisotopic (exact) mass is 479 g/mol. The lowest BCUT2D eigenvalue weighted by Crippen LogP contribution is -2.51. The van der Waals surface area contributed by atoms with Gasteiger partial charge in [-0.2, -0.15) is 5.26 Å². The van der Waals surface area contributed by atoms with Crippen molar-refractivity contribution in [3.05, 3.63) is 68.9 Å². The van der Waals surface area contributed by atoms with Crippen LogP contribution in [0.2, 0.25) is 0 Å². The first-order valence-corrected chi connectivity index (χ1v) is 10.3. The zero-order valence-corrected chi connectivity index (χ0v) is 18.3. The molecule has 0 spiro atoms. The van der Waals surface area contributed by atoms with Gasteiger partial charge in [0.05, 0.1) is 23.0 Å². The molecule has 152 valence electrons. The molecule has 0 fully saturated rings. The largest absolute Gasteiger partial charge is 0.272 e. The molecule has 2 amide bonds. The highest BCUT2D eigenvalue weighted by atomic mass is 79.9. The number of amides is 2. The molecule has 0 aliphatic heterocycles. The van der Waals surface area contributed by atoms with Gasteiger partial charge in [0.1, 0.15) is 5.82 Å². The van der Waals surface area contributed by atoms with Gasteiger partial charge in [-0.05, 0) is 64.7 Å². The SMILES string of the molecule is CCC(C)N(NC(=O)c1ccc(F)c(Br)c1CCl)C(=O)c1cccc(CC#N)c1. The fraction of sp³-hybridized carbons (Fsp3) is 0.286. The van der Waals surface area contributed by atoms with Gasteiger partial charge in [-0.15, -0.1) is 11.6 Å². The summed E-state index contributed by atoms with van der Waals surface area (Å²) in [7, 11) is 0. The Kier molecular flexibility index (Phi) is 8.18. The number of hydrazine groups is 1. The van der Waals surface area contributed by atoms with E-state index < -0.39 is 17.6 Å². The number of alkyl halides is 1. The van der Waals surface area contributed by atoms with E-state index in [4.69, 9.17) is 16.9 Å². The first-order chi connectivity index (χ1) is 13.8. The Labute approximate surface area is 182 Å². The quantitative estimate of drug-likeness (QED) is 0.468. The van der Waals surface area contributed by atoms with E-state index in [1.54, 1.807) is 31.2 Å². The summed E-state index contributed by atoms with van der Waals surface area (Å²) < 4.78 is 13.9. The number of nitrogens with one attached hydrogen (secondary N) is 1. The number of rotatable bonds is 6. The second-order valence-electron chi connectivity index (χ2n) is 6.43. The van der Waals surface area contributed by atoms with Crippen molar-refractivity contribution in [2.45, 2.75) is 38.6 Å². The molecule has 0 aliphatic carbocycles. The molecule has 0 aromatic heterocycles. The fourth-order valence-corrected chi connectivity index (χ4v) is 3.62. The highest BCUT2D eigenvalue weighted by Gasteiger charge is 2.25. The maximum atomic E-state index is 13.8. The van der Waals surface area contributed by atoms with Gasteiger partial charge in [0, 0.05) is 17.0 Å². The molecule has 0 aliphatic rings. The lowest BCUT2D eigenvalue weighted by molar-refractivity contribution is 0.0493. The molecule has 29 heavy (non-hydrogen) atoms. The van der Waals surface area contributed by atoms with Crippen LogP contribution in [-0.4, -0.2) is 22.9 Å². The molecule has 2 aromatic rings. The molecular weight excluding hydrogens is 461 g/mol. The van der Waals surface area contributed by atoms with Crippen LogP contribution < -0.4 is 5.43 Å². The van der Waals surface area contributed by atoms with E-state index in [1.807, 2.05) is 13.0 Å². The Balaban J connectivity index is 2.36. The number of nitriles is 1. The highest BCUT2D eigenvalue weighted by Crippen LogP contribution is 2.26. The van der Waals surface area contributed by atoms with E-state index in [9.17, 15) is 14.0 Å². The molecule has 8 heteroatoms. The number of benzene rings is 2. The van der Waals surface area contributed by atoms with E-state index in [0.717, 1.165) is 6.07 Å². The Bertz CT molecular complexity index is 961. The van der Waals surface area contributed by atoms with Crippen molar-refractivity contribution in [2.75, 3.05) is 0 Å². The molecule has 0 saturated heterocycles. The van der Waals surface area contributed by atoms with Gasteiger partial charge in [0.15, 0.2) is 0 Å². The molecule has 1 N–H and O–H groups in total. The van der Waals surface area contributed by atoms with Crippen LogP contribution in [0.3, 0.4) is 0 Å². The lowest BCUT2D eigenvalue weighted by atomic mass is 10.1. The van der Waals surface area contributed by atoms with E-state index in [1.165, 1.54) is 11.1 Å². The molecule has 0 heterocycles. The summed E-state index contributed by atoms with van der Waals surface area (Å²) in [4.78, 5) is 26.0. The van der Waals surface area contributed by atoms with Crippen molar-refractivity contribution in [1.29, 1.82) is 5.26 Å². The summed E-state index contributed by atoms with van der Waals surface area (Å²) >= 11 is 9.01. The number of hydrogen-bond acceptors (Lipinski definition) is 3. The van der Waals surface area contributed by atoms with Gasteiger partial charge < -0.3 is 0 Å². The van der Waals surface area contributed by atoms with Crippen LogP contribution in [0.15, 0.2) is 40.9 Å². The van der Waals surface area contributed by atoms with Gasteiger partial charge in [-0.3, -0.25) is 15.0 Å². The average molecular weight is 481 g/mol. The van der Waals surface area contributed by atoms with Crippen molar-refractivity contribution in [1.82, 2.24) is 10.4 Å². The van der Waals surface area contributed by atoms with Crippen LogP contribution in [-0.2, 0) is 12.3 Å². The summed E-state index contributed by atoms with van der Waals surface area (Å²) in [6, 6.07) is 11.0. The smallest absolute Gasteiger partial charge is 0.267 e. The van der Waals surface area contributed by atoms with Gasteiger partial charge in [0.25, 0.3) is 11.8 Å².